The second-order valence-corrected chi connectivity index (χ2v) is 6.71. The predicted molar refractivity (Wildman–Crippen MR) is 102 cm³/mol. The molecule has 0 aromatic heterocycles. The van der Waals surface area contributed by atoms with Crippen molar-refractivity contribution in [3.8, 4) is 17.9 Å². The average molecular weight is 421 g/mol. The van der Waals surface area contributed by atoms with Crippen molar-refractivity contribution in [3.63, 3.8) is 0 Å². The molecule has 150 valence electrons. The van der Waals surface area contributed by atoms with Gasteiger partial charge in [-0.1, -0.05) is 23.4 Å². The second kappa shape index (κ2) is 9.47. The molecule has 0 radical (unpaired) electrons. The first-order chi connectivity index (χ1) is 13.6. The number of nitrogens with zero attached hydrogens (tertiary/aromatic N) is 1. The van der Waals surface area contributed by atoms with Gasteiger partial charge in [-0.3, -0.25) is 4.79 Å². The number of rotatable bonds is 5. The van der Waals surface area contributed by atoms with Crippen LogP contribution < -0.4 is 5.32 Å². The third kappa shape index (κ3) is 6.83. The summed E-state index contributed by atoms with van der Waals surface area (Å²) < 4.78 is 43.1. The summed E-state index contributed by atoms with van der Waals surface area (Å²) in [5.74, 6) is 4.96. The van der Waals surface area contributed by atoms with E-state index < -0.39 is 23.2 Å². The van der Waals surface area contributed by atoms with Crippen LogP contribution in [0, 0.1) is 23.2 Å². The Labute approximate surface area is 171 Å². The van der Waals surface area contributed by atoms with Crippen LogP contribution in [0.3, 0.4) is 0 Å². The summed E-state index contributed by atoms with van der Waals surface area (Å²) in [7, 11) is 0. The molecule has 0 bridgehead atoms. The maximum Gasteiger partial charge on any atom is 0.416 e. The van der Waals surface area contributed by atoms with E-state index >= 15 is 0 Å². The van der Waals surface area contributed by atoms with E-state index in [9.17, 15) is 23.2 Å². The molecule has 2 aromatic carbocycles. The lowest BCUT2D eigenvalue weighted by Crippen LogP contribution is -2.48. The SMILES string of the molecule is CC(C#N)(COCC#Cc1ccc(Cl)cc1)NC(=O)c1ccc(C(F)(F)F)cc1. The average Bonchev–Trinajstić information content (AvgIpc) is 2.68. The van der Waals surface area contributed by atoms with E-state index in [2.05, 4.69) is 17.2 Å². The van der Waals surface area contributed by atoms with Crippen molar-refractivity contribution in [1.82, 2.24) is 5.32 Å². The number of nitrogens with one attached hydrogen (secondary N) is 1. The number of carbonyl (C=O) groups excluding carboxylic acids is 1. The molecule has 4 nitrogen and oxygen atoms in total. The van der Waals surface area contributed by atoms with Gasteiger partial charge >= 0.3 is 6.18 Å². The van der Waals surface area contributed by atoms with Gasteiger partial charge in [0, 0.05) is 16.1 Å². The number of hydrogen-bond donors (Lipinski definition) is 1. The van der Waals surface area contributed by atoms with Crippen LogP contribution >= 0.6 is 11.6 Å². The molecule has 1 atom stereocenters. The van der Waals surface area contributed by atoms with Crippen LogP contribution in [0.2, 0.25) is 5.02 Å². The molecule has 29 heavy (non-hydrogen) atoms. The molecule has 0 aliphatic carbocycles. The first-order valence-corrected chi connectivity index (χ1v) is 8.74. The van der Waals surface area contributed by atoms with Crippen molar-refractivity contribution < 1.29 is 22.7 Å². The second-order valence-electron chi connectivity index (χ2n) is 6.27. The number of hydrogen-bond acceptors (Lipinski definition) is 3. The van der Waals surface area contributed by atoms with Gasteiger partial charge in [0.25, 0.3) is 5.91 Å². The van der Waals surface area contributed by atoms with E-state index in [-0.39, 0.29) is 18.8 Å². The van der Waals surface area contributed by atoms with E-state index in [4.69, 9.17) is 16.3 Å². The molecule has 0 aliphatic heterocycles. The lowest BCUT2D eigenvalue weighted by molar-refractivity contribution is -0.137. The number of benzene rings is 2. The van der Waals surface area contributed by atoms with Crippen LogP contribution in [0.25, 0.3) is 0 Å². The van der Waals surface area contributed by atoms with Gasteiger partial charge in [-0.2, -0.15) is 18.4 Å². The van der Waals surface area contributed by atoms with Gasteiger partial charge in [0.15, 0.2) is 0 Å². The summed E-state index contributed by atoms with van der Waals surface area (Å²) >= 11 is 5.79. The molecule has 0 saturated heterocycles. The van der Waals surface area contributed by atoms with Crippen LogP contribution in [-0.4, -0.2) is 24.7 Å². The van der Waals surface area contributed by atoms with E-state index in [1.54, 1.807) is 24.3 Å². The first kappa shape index (κ1) is 22.3. The van der Waals surface area contributed by atoms with E-state index in [0.717, 1.165) is 29.8 Å². The van der Waals surface area contributed by atoms with E-state index in [1.807, 2.05) is 6.07 Å². The summed E-state index contributed by atoms with van der Waals surface area (Å²) in [6.07, 6.45) is -4.49. The van der Waals surface area contributed by atoms with Crippen LogP contribution in [0.1, 0.15) is 28.4 Å². The fourth-order valence-electron chi connectivity index (χ4n) is 2.21. The van der Waals surface area contributed by atoms with Gasteiger partial charge in [0.1, 0.15) is 12.1 Å². The summed E-state index contributed by atoms with van der Waals surface area (Å²) in [6, 6.07) is 12.6. The van der Waals surface area contributed by atoms with Crippen LogP contribution in [0.5, 0.6) is 0 Å². The molecule has 0 saturated carbocycles. The normalized spacial score (nSPS) is 12.8. The minimum atomic E-state index is -4.49. The van der Waals surface area contributed by atoms with Crippen molar-refractivity contribution in [3.05, 3.63) is 70.2 Å². The third-order valence-electron chi connectivity index (χ3n) is 3.75. The van der Waals surface area contributed by atoms with Crippen LogP contribution in [0.4, 0.5) is 13.2 Å². The van der Waals surface area contributed by atoms with Gasteiger partial charge < -0.3 is 10.1 Å². The van der Waals surface area contributed by atoms with Crippen molar-refractivity contribution in [2.45, 2.75) is 18.6 Å². The molecule has 0 spiro atoms. The summed E-state index contributed by atoms with van der Waals surface area (Å²) in [5.41, 5.74) is -1.49. The number of ether oxygens (including phenoxy) is 1. The number of halogens is 4. The molecule has 0 fully saturated rings. The lowest BCUT2D eigenvalue weighted by atomic mass is 10.0. The minimum Gasteiger partial charge on any atom is -0.365 e. The highest BCUT2D eigenvalue weighted by Gasteiger charge is 2.31. The summed E-state index contributed by atoms with van der Waals surface area (Å²) in [4.78, 5) is 12.2. The van der Waals surface area contributed by atoms with E-state index in [1.165, 1.54) is 6.92 Å². The van der Waals surface area contributed by atoms with Crippen LogP contribution in [0.15, 0.2) is 48.5 Å². The Balaban J connectivity index is 1.91. The molecule has 1 amide bonds. The Kier molecular flexibility index (Phi) is 7.28. The smallest absolute Gasteiger partial charge is 0.365 e. The van der Waals surface area contributed by atoms with Gasteiger partial charge in [0.2, 0.25) is 0 Å². The predicted octanol–water partition coefficient (Wildman–Crippen LogP) is 4.44. The topological polar surface area (TPSA) is 62.1 Å². The monoisotopic (exact) mass is 420 g/mol. The highest BCUT2D eigenvalue weighted by atomic mass is 35.5. The molecule has 0 aliphatic rings. The Morgan fingerprint density at radius 2 is 1.76 bits per heavy atom. The molecule has 1 unspecified atom stereocenters. The molecule has 1 N–H and O–H groups in total. The highest BCUT2D eigenvalue weighted by Crippen LogP contribution is 2.29. The molecule has 2 aromatic rings. The Morgan fingerprint density at radius 1 is 1.14 bits per heavy atom. The third-order valence-corrected chi connectivity index (χ3v) is 4.00. The van der Waals surface area contributed by atoms with Gasteiger partial charge in [-0.05, 0) is 55.5 Å². The fraction of sp³-hybridized carbons (Fsp3) is 0.238. The number of carbonyl (C=O) groups is 1. The fourth-order valence-corrected chi connectivity index (χ4v) is 2.33. The maximum atomic E-state index is 12.6. The van der Waals surface area contributed by atoms with Gasteiger partial charge in [-0.15, -0.1) is 0 Å². The van der Waals surface area contributed by atoms with Gasteiger partial charge in [-0.25, -0.2) is 0 Å². The van der Waals surface area contributed by atoms with E-state index in [0.29, 0.717) is 5.02 Å². The summed E-state index contributed by atoms with van der Waals surface area (Å²) in [5, 5.41) is 12.4. The van der Waals surface area contributed by atoms with Gasteiger partial charge in [0.05, 0.1) is 18.2 Å². The maximum absolute atomic E-state index is 12.6. The zero-order valence-electron chi connectivity index (χ0n) is 15.3. The van der Waals surface area contributed by atoms with Crippen molar-refractivity contribution >= 4 is 17.5 Å². The lowest BCUT2D eigenvalue weighted by Gasteiger charge is -2.22. The zero-order chi connectivity index (χ0) is 21.5. The molecule has 2 rings (SSSR count). The largest absolute Gasteiger partial charge is 0.416 e. The minimum absolute atomic E-state index is 0.00186. The molecule has 8 heteroatoms. The zero-order valence-corrected chi connectivity index (χ0v) is 16.1. The van der Waals surface area contributed by atoms with Crippen molar-refractivity contribution in [2.24, 2.45) is 0 Å². The Morgan fingerprint density at radius 3 is 2.31 bits per heavy atom. The van der Waals surface area contributed by atoms with Crippen molar-refractivity contribution in [2.75, 3.05) is 13.2 Å². The first-order valence-electron chi connectivity index (χ1n) is 8.36. The molecule has 0 heterocycles. The standard InChI is InChI=1S/C21H16ClF3N2O2/c1-20(13-26,14-29-12-2-3-15-4-10-18(22)11-5-15)27-19(28)16-6-8-17(9-7-16)21(23,24)25/h4-11H,12,14H2,1H3,(H,27,28). The number of alkyl halides is 3. The quantitative estimate of drug-likeness (QED) is 0.574. The molecular weight excluding hydrogens is 405 g/mol. The number of amides is 1. The van der Waals surface area contributed by atoms with Crippen LogP contribution in [-0.2, 0) is 10.9 Å². The Hall–Kier alpha value is -3.00. The molecular formula is C21H16ClF3N2O2. The highest BCUT2D eigenvalue weighted by molar-refractivity contribution is 6.30. The number of nitriles is 1. The Bertz CT molecular complexity index is 955. The summed E-state index contributed by atoms with van der Waals surface area (Å²) in [6.45, 7) is 1.32. The van der Waals surface area contributed by atoms with Crippen molar-refractivity contribution in [1.29, 1.82) is 5.26 Å².